The van der Waals surface area contributed by atoms with Gasteiger partial charge in [0.25, 0.3) is 0 Å². The lowest BCUT2D eigenvalue weighted by atomic mass is 9.74. The molecule has 2 heterocycles. The van der Waals surface area contributed by atoms with Crippen molar-refractivity contribution >= 4 is 35.4 Å². The fourth-order valence-electron chi connectivity index (χ4n) is 8.26. The van der Waals surface area contributed by atoms with E-state index in [1.54, 1.807) is 54.3 Å². The number of ether oxygens (including phenoxy) is 2. The van der Waals surface area contributed by atoms with Gasteiger partial charge < -0.3 is 51.8 Å². The maximum atomic E-state index is 14.9. The number of allylic oxidation sites excluding steroid dienone is 2. The highest BCUT2D eigenvalue weighted by Gasteiger charge is 2.44. The highest BCUT2D eigenvalue weighted by atomic mass is 16.5. The molecular weight excluding hydrogens is 855 g/mol. The number of benzene rings is 3. The third-order valence-corrected chi connectivity index (χ3v) is 11.7. The number of carbonyl (C=O) groups excluding carboxylic acids is 6. The molecule has 2 aliphatic rings. The molecular formula is C51H63N7O9. The number of nitrogens with zero attached hydrogens (tertiary/aromatic N) is 1. The molecule has 0 aromatic heterocycles. The SMILES string of the molecule is C=C/C1=C(\C=C/C)CC(=O)N[C@H](C(=O)NCCOCCN)CCNC(=O)/C=C/C(=O)N2CCC[C@](Cc3ccccc3)(C2)C(=O)N[C@@H](Cc2ccc(-c3c(O)cccc3OC)cc2)C(=O)NC1. The Hall–Kier alpha value is -7.04. The first-order valence-corrected chi connectivity index (χ1v) is 22.5. The van der Waals surface area contributed by atoms with Crippen LogP contribution in [0.1, 0.15) is 43.7 Å². The second kappa shape index (κ2) is 25.6. The summed E-state index contributed by atoms with van der Waals surface area (Å²) in [5, 5.41) is 25.0. The van der Waals surface area contributed by atoms with Gasteiger partial charge in [0, 0.05) is 57.8 Å². The van der Waals surface area contributed by atoms with E-state index in [1.807, 2.05) is 42.5 Å². The lowest BCUT2D eigenvalue weighted by Gasteiger charge is -2.42. The van der Waals surface area contributed by atoms with E-state index in [1.165, 1.54) is 13.2 Å². The highest BCUT2D eigenvalue weighted by Crippen LogP contribution is 2.38. The number of aromatic hydroxyl groups is 1. The first-order chi connectivity index (χ1) is 32.4. The Bertz CT molecular complexity index is 2310. The molecule has 3 aromatic carbocycles. The fraction of sp³-hybridized carbons (Fsp3) is 0.373. The molecule has 0 spiro atoms. The molecule has 0 aliphatic carbocycles. The van der Waals surface area contributed by atoms with Crippen LogP contribution in [-0.4, -0.2) is 117 Å². The Balaban J connectivity index is 1.51. The van der Waals surface area contributed by atoms with Gasteiger partial charge in [0.15, 0.2) is 0 Å². The smallest absolute Gasteiger partial charge is 0.246 e. The van der Waals surface area contributed by atoms with Crippen LogP contribution in [0, 0.1) is 5.41 Å². The lowest BCUT2D eigenvalue weighted by molar-refractivity contribution is -0.141. The molecule has 3 atom stereocenters. The highest BCUT2D eigenvalue weighted by molar-refractivity contribution is 5.97. The number of phenols is 1. The van der Waals surface area contributed by atoms with Crippen LogP contribution >= 0.6 is 0 Å². The first kappa shape index (κ1) is 51.0. The molecule has 0 radical (unpaired) electrons. The fourth-order valence-corrected chi connectivity index (χ4v) is 8.26. The standard InChI is InChI=1S/C51H63N7O9/c1-4-11-39-31-45(61)56-40(48(63)54-26-29-67-28-24-52)22-25-53-44(60)20-21-46(62)58-27-10-23-51(34-58,32-36-12-7-6-8-13-36)50(65)57-41(49(64)55-33-37(39)5-2)30-35-16-18-38(19-17-35)47-42(59)14-9-15-43(47)66-3/h4-9,11-21,40-41,59H,2,10,22-34,52H2,1,3H3,(H,53,60)(H,54,63)(H,55,64)(H,56,61)(H,57,65)/b11-4-,21-20+,39-37-/t40-,41-,51-/m0/s1. The molecule has 2 bridgehead atoms. The van der Waals surface area contributed by atoms with Crippen molar-refractivity contribution in [2.75, 3.05) is 59.6 Å². The van der Waals surface area contributed by atoms with Gasteiger partial charge in [-0.2, -0.15) is 0 Å². The summed E-state index contributed by atoms with van der Waals surface area (Å²) in [6.07, 6.45) is 8.35. The zero-order valence-corrected chi connectivity index (χ0v) is 38.3. The summed E-state index contributed by atoms with van der Waals surface area (Å²) in [6, 6.07) is 19.5. The monoisotopic (exact) mass is 917 g/mol. The Labute approximate surface area is 392 Å². The molecule has 1 saturated heterocycles. The molecule has 356 valence electrons. The van der Waals surface area contributed by atoms with E-state index in [2.05, 4.69) is 33.2 Å². The number of methoxy groups -OCH3 is 1. The predicted molar refractivity (Wildman–Crippen MR) is 255 cm³/mol. The second-order valence-electron chi connectivity index (χ2n) is 16.5. The van der Waals surface area contributed by atoms with Crippen LogP contribution in [0.25, 0.3) is 11.1 Å². The van der Waals surface area contributed by atoms with E-state index >= 15 is 0 Å². The van der Waals surface area contributed by atoms with Crippen molar-refractivity contribution in [2.45, 2.75) is 57.5 Å². The van der Waals surface area contributed by atoms with Crippen molar-refractivity contribution in [3.63, 3.8) is 0 Å². The van der Waals surface area contributed by atoms with Crippen LogP contribution in [0.4, 0.5) is 0 Å². The number of fused-ring (bicyclic) bond motifs is 2. The molecule has 67 heavy (non-hydrogen) atoms. The number of hydrogen-bond acceptors (Lipinski definition) is 10. The molecule has 2 aliphatic heterocycles. The minimum absolute atomic E-state index is 0.0123. The third-order valence-electron chi connectivity index (χ3n) is 11.7. The Morgan fingerprint density at radius 2 is 1.73 bits per heavy atom. The zero-order chi connectivity index (χ0) is 48.2. The van der Waals surface area contributed by atoms with E-state index in [0.29, 0.717) is 66.1 Å². The van der Waals surface area contributed by atoms with Crippen LogP contribution in [-0.2, 0) is 46.3 Å². The summed E-state index contributed by atoms with van der Waals surface area (Å²) < 4.78 is 10.9. The van der Waals surface area contributed by atoms with Gasteiger partial charge in [-0.15, -0.1) is 0 Å². The summed E-state index contributed by atoms with van der Waals surface area (Å²) >= 11 is 0. The van der Waals surface area contributed by atoms with Gasteiger partial charge in [0.2, 0.25) is 35.4 Å². The quantitative estimate of drug-likeness (QED) is 0.117. The predicted octanol–water partition coefficient (Wildman–Crippen LogP) is 3.16. The number of piperidine rings is 1. The molecule has 6 amide bonds. The third kappa shape index (κ3) is 14.7. The van der Waals surface area contributed by atoms with Gasteiger partial charge in [-0.05, 0) is 72.6 Å². The number of nitrogens with two attached hydrogens (primary N) is 1. The van der Waals surface area contributed by atoms with Gasteiger partial charge in [-0.25, -0.2) is 0 Å². The average molecular weight is 918 g/mol. The Morgan fingerprint density at radius 3 is 2.45 bits per heavy atom. The maximum absolute atomic E-state index is 14.9. The molecule has 16 heteroatoms. The van der Waals surface area contributed by atoms with Gasteiger partial charge >= 0.3 is 0 Å². The van der Waals surface area contributed by atoms with Crippen molar-refractivity contribution in [1.29, 1.82) is 0 Å². The molecule has 0 unspecified atom stereocenters. The zero-order valence-electron chi connectivity index (χ0n) is 38.3. The van der Waals surface area contributed by atoms with Gasteiger partial charge in [0.1, 0.15) is 23.6 Å². The molecule has 0 saturated carbocycles. The second-order valence-corrected chi connectivity index (χ2v) is 16.5. The van der Waals surface area contributed by atoms with Gasteiger partial charge in [-0.3, -0.25) is 28.8 Å². The van der Waals surface area contributed by atoms with E-state index in [-0.39, 0.29) is 64.2 Å². The van der Waals surface area contributed by atoms with E-state index < -0.39 is 52.9 Å². The Kier molecular flexibility index (Phi) is 19.5. The number of nitrogens with one attached hydrogen (secondary N) is 5. The average Bonchev–Trinajstić information content (AvgIpc) is 3.33. The summed E-state index contributed by atoms with van der Waals surface area (Å²) in [4.78, 5) is 84.8. The summed E-state index contributed by atoms with van der Waals surface area (Å²) in [6.45, 7) is 7.05. The van der Waals surface area contributed by atoms with Crippen LogP contribution < -0.4 is 37.1 Å². The van der Waals surface area contributed by atoms with Gasteiger partial charge in [-0.1, -0.05) is 85.5 Å². The van der Waals surface area contributed by atoms with E-state index in [4.69, 9.17) is 15.2 Å². The summed E-state index contributed by atoms with van der Waals surface area (Å²) in [5.74, 6) is -2.46. The van der Waals surface area contributed by atoms with Crippen molar-refractivity contribution in [3.05, 3.63) is 132 Å². The van der Waals surface area contributed by atoms with Crippen LogP contribution in [0.5, 0.6) is 11.5 Å². The normalized spacial score (nSPS) is 22.0. The topological polar surface area (TPSA) is 231 Å². The lowest BCUT2D eigenvalue weighted by Crippen LogP contribution is -2.58. The first-order valence-electron chi connectivity index (χ1n) is 22.5. The van der Waals surface area contributed by atoms with Crippen molar-refractivity contribution in [3.8, 4) is 22.6 Å². The number of hydrogen-bond donors (Lipinski definition) is 7. The number of rotatable bonds is 14. The van der Waals surface area contributed by atoms with Crippen LogP contribution in [0.15, 0.2) is 121 Å². The van der Waals surface area contributed by atoms with E-state index in [9.17, 15) is 33.9 Å². The Morgan fingerprint density at radius 1 is 0.955 bits per heavy atom. The largest absolute Gasteiger partial charge is 0.507 e. The molecule has 8 N–H and O–H groups in total. The van der Waals surface area contributed by atoms with Gasteiger partial charge in [0.05, 0.1) is 37.7 Å². The number of carbonyl (C=O) groups is 6. The molecule has 5 rings (SSSR count). The van der Waals surface area contributed by atoms with Crippen LogP contribution in [0.2, 0.25) is 0 Å². The summed E-state index contributed by atoms with van der Waals surface area (Å²) in [5.41, 5.74) is 8.13. The van der Waals surface area contributed by atoms with Crippen molar-refractivity contribution in [2.24, 2.45) is 11.1 Å². The number of amides is 6. The minimum Gasteiger partial charge on any atom is -0.507 e. The van der Waals surface area contributed by atoms with E-state index in [0.717, 1.165) is 17.7 Å². The molecule has 3 aromatic rings. The van der Waals surface area contributed by atoms with Crippen molar-refractivity contribution < 1.29 is 43.3 Å². The number of phenolic OH excluding ortho intramolecular Hbond substituents is 1. The molecule has 1 fully saturated rings. The minimum atomic E-state index is -1.16. The van der Waals surface area contributed by atoms with Crippen LogP contribution in [0.3, 0.4) is 0 Å². The van der Waals surface area contributed by atoms with Crippen molar-refractivity contribution in [1.82, 2.24) is 31.5 Å². The maximum Gasteiger partial charge on any atom is 0.246 e. The summed E-state index contributed by atoms with van der Waals surface area (Å²) in [7, 11) is 1.52. The molecule has 16 nitrogen and oxygen atoms in total.